The van der Waals surface area contributed by atoms with Gasteiger partial charge in [-0.3, -0.25) is 0 Å². The molecule has 224 valence electrons. The monoisotopic (exact) mass is 767 g/mol. The highest BCUT2D eigenvalue weighted by atomic mass is 35.5. The Hall–Kier alpha value is -0.950. The molecule has 0 heterocycles. The van der Waals surface area contributed by atoms with Crippen molar-refractivity contribution >= 4 is 124 Å². The summed E-state index contributed by atoms with van der Waals surface area (Å²) >= 11 is 52.2. The molecule has 0 saturated carbocycles. The number of sulfonamides is 2. The maximum Gasteiger partial charge on any atom is 0.282 e. The molecule has 0 bridgehead atoms. The summed E-state index contributed by atoms with van der Waals surface area (Å²) in [6, 6.07) is 16.7. The summed E-state index contributed by atoms with van der Waals surface area (Å²) in [6.45, 7) is 1.83. The number of hydrogen-bond donors (Lipinski definition) is 2. The van der Waals surface area contributed by atoms with Gasteiger partial charge in [0, 0.05) is 15.7 Å². The van der Waals surface area contributed by atoms with E-state index < -0.39 is 50.2 Å². The van der Waals surface area contributed by atoms with Crippen LogP contribution in [0.5, 0.6) is 0 Å². The van der Waals surface area contributed by atoms with Crippen LogP contribution in [-0.2, 0) is 20.0 Å². The first-order valence-corrected chi connectivity index (χ1v) is 17.4. The highest BCUT2D eigenvalue weighted by Crippen LogP contribution is 2.59. The normalized spacial score (nSPS) is 21.4. The van der Waals surface area contributed by atoms with Gasteiger partial charge in [0.2, 0.25) is 10.0 Å². The molecule has 3 aromatic carbocycles. The fourth-order valence-corrected chi connectivity index (χ4v) is 8.71. The fourth-order valence-electron chi connectivity index (χ4n) is 3.80. The van der Waals surface area contributed by atoms with Crippen LogP contribution in [0.4, 0.5) is 5.69 Å². The van der Waals surface area contributed by atoms with Gasteiger partial charge in [-0.15, -0.1) is 0 Å². The standard InChI is InChI=1S/C25H17Cl8N3O4S2/c1-14-2-8-17(9-3-14)34-24(36-42(39,40)19-12-6-16(27)7-13-19)21(29)20(28)22(23(30,31)25(24,32)33)35-41(37,38)18-10-4-15(26)5-11-18/h2-13,34,36H,1H3/b35-22+. The Morgan fingerprint density at radius 3 is 1.67 bits per heavy atom. The molecule has 0 saturated heterocycles. The molecule has 0 radical (unpaired) electrons. The minimum atomic E-state index is -4.55. The number of halogens is 8. The molecule has 1 aliphatic carbocycles. The fraction of sp³-hybridized carbons (Fsp3) is 0.160. The summed E-state index contributed by atoms with van der Waals surface area (Å²) in [7, 11) is -9.09. The lowest BCUT2D eigenvalue weighted by atomic mass is 9.91. The van der Waals surface area contributed by atoms with Gasteiger partial charge in [-0.2, -0.15) is 17.5 Å². The summed E-state index contributed by atoms with van der Waals surface area (Å²) in [5.41, 5.74) is -2.14. The third-order valence-electron chi connectivity index (χ3n) is 6.01. The van der Waals surface area contributed by atoms with Gasteiger partial charge in [-0.05, 0) is 67.6 Å². The van der Waals surface area contributed by atoms with Gasteiger partial charge in [0.25, 0.3) is 10.0 Å². The molecular formula is C25H17Cl8N3O4S2. The van der Waals surface area contributed by atoms with Gasteiger partial charge >= 0.3 is 0 Å². The number of nitrogens with one attached hydrogen (secondary N) is 2. The lowest BCUT2D eigenvalue weighted by molar-refractivity contribution is 0.442. The van der Waals surface area contributed by atoms with E-state index in [4.69, 9.17) is 92.8 Å². The van der Waals surface area contributed by atoms with Crippen LogP contribution in [0.2, 0.25) is 10.0 Å². The third-order valence-corrected chi connectivity index (χ3v) is 12.7. The number of alkyl halides is 4. The van der Waals surface area contributed by atoms with Crippen molar-refractivity contribution in [2.24, 2.45) is 4.40 Å². The van der Waals surface area contributed by atoms with Crippen molar-refractivity contribution in [3.63, 3.8) is 0 Å². The smallest absolute Gasteiger partial charge is 0.282 e. The van der Waals surface area contributed by atoms with Crippen LogP contribution in [0.15, 0.2) is 97.0 Å². The molecule has 42 heavy (non-hydrogen) atoms. The van der Waals surface area contributed by atoms with Crippen molar-refractivity contribution in [2.45, 2.75) is 31.0 Å². The number of anilines is 1. The van der Waals surface area contributed by atoms with E-state index in [0.717, 1.165) is 5.56 Å². The first kappa shape index (κ1) is 33.9. The molecule has 4 rings (SSSR count). The largest absolute Gasteiger partial charge is 0.359 e. The highest BCUT2D eigenvalue weighted by molar-refractivity contribution is 7.90. The molecule has 0 fully saturated rings. The molecule has 1 unspecified atom stereocenters. The third kappa shape index (κ3) is 6.26. The topological polar surface area (TPSA) is 105 Å². The second-order valence-electron chi connectivity index (χ2n) is 8.95. The van der Waals surface area contributed by atoms with Crippen LogP contribution in [0.1, 0.15) is 5.56 Å². The molecule has 0 aliphatic heterocycles. The van der Waals surface area contributed by atoms with Crippen LogP contribution in [0.25, 0.3) is 0 Å². The Bertz CT molecular complexity index is 1800. The zero-order valence-electron chi connectivity index (χ0n) is 20.8. The number of allylic oxidation sites excluding steroid dienone is 1. The van der Waals surface area contributed by atoms with Gasteiger partial charge in [0.15, 0.2) is 14.3 Å². The Labute approximate surface area is 282 Å². The second kappa shape index (κ2) is 12.1. The quantitative estimate of drug-likeness (QED) is 0.186. The minimum Gasteiger partial charge on any atom is -0.359 e. The minimum absolute atomic E-state index is 0.256. The number of benzene rings is 3. The van der Waals surface area contributed by atoms with Gasteiger partial charge in [-0.1, -0.05) is 111 Å². The van der Waals surface area contributed by atoms with Gasteiger partial charge in [0.1, 0.15) is 5.71 Å². The second-order valence-corrected chi connectivity index (χ2v) is 16.5. The first-order chi connectivity index (χ1) is 19.3. The molecular weight excluding hydrogens is 754 g/mol. The Balaban J connectivity index is 1.99. The van der Waals surface area contributed by atoms with E-state index in [0.29, 0.717) is 0 Å². The van der Waals surface area contributed by atoms with Crippen LogP contribution in [0.3, 0.4) is 0 Å². The van der Waals surface area contributed by atoms with E-state index in [1.807, 2.05) is 6.92 Å². The van der Waals surface area contributed by atoms with Crippen molar-refractivity contribution in [3.8, 4) is 0 Å². The lowest BCUT2D eigenvalue weighted by Gasteiger charge is -2.51. The van der Waals surface area contributed by atoms with Gasteiger partial charge in [0.05, 0.1) is 19.9 Å². The van der Waals surface area contributed by atoms with Crippen LogP contribution in [0, 0.1) is 6.92 Å². The summed E-state index contributed by atoms with van der Waals surface area (Å²) in [5, 5.41) is 2.14. The maximum atomic E-state index is 13.7. The van der Waals surface area contributed by atoms with E-state index in [2.05, 4.69) is 14.4 Å². The van der Waals surface area contributed by atoms with Crippen LogP contribution < -0.4 is 10.0 Å². The van der Waals surface area contributed by atoms with Crippen molar-refractivity contribution in [1.29, 1.82) is 0 Å². The molecule has 2 N–H and O–H groups in total. The predicted octanol–water partition coefficient (Wildman–Crippen LogP) is 8.27. The number of rotatable bonds is 7. The van der Waals surface area contributed by atoms with Crippen molar-refractivity contribution in [1.82, 2.24) is 4.72 Å². The number of nitrogens with zero attached hydrogens (tertiary/aromatic N) is 1. The summed E-state index contributed by atoms with van der Waals surface area (Å²) < 4.78 is 54.3. The Kier molecular flexibility index (Phi) is 9.77. The van der Waals surface area contributed by atoms with Crippen molar-refractivity contribution < 1.29 is 16.8 Å². The summed E-state index contributed by atoms with van der Waals surface area (Å²) in [4.78, 5) is -0.557. The summed E-state index contributed by atoms with van der Waals surface area (Å²) in [6.07, 6.45) is 0. The summed E-state index contributed by atoms with van der Waals surface area (Å²) in [5.74, 6) is 0. The molecule has 7 nitrogen and oxygen atoms in total. The number of hydrogen-bond acceptors (Lipinski definition) is 5. The zero-order valence-corrected chi connectivity index (χ0v) is 28.5. The molecule has 17 heteroatoms. The maximum absolute atomic E-state index is 13.7. The highest BCUT2D eigenvalue weighted by Gasteiger charge is 2.71. The van der Waals surface area contributed by atoms with E-state index >= 15 is 0 Å². The molecule has 0 amide bonds. The van der Waals surface area contributed by atoms with E-state index in [-0.39, 0.29) is 25.5 Å². The molecule has 3 aromatic rings. The Morgan fingerprint density at radius 2 is 1.17 bits per heavy atom. The lowest BCUT2D eigenvalue weighted by Crippen LogP contribution is -2.73. The van der Waals surface area contributed by atoms with Crippen LogP contribution >= 0.6 is 92.8 Å². The van der Waals surface area contributed by atoms with E-state index in [1.165, 1.54) is 48.5 Å². The Morgan fingerprint density at radius 1 is 0.690 bits per heavy atom. The number of aryl methyl sites for hydroxylation is 1. The average Bonchev–Trinajstić information content (AvgIpc) is 2.91. The first-order valence-electron chi connectivity index (χ1n) is 11.4. The zero-order chi connectivity index (χ0) is 31.3. The van der Waals surface area contributed by atoms with Crippen molar-refractivity contribution in [2.75, 3.05) is 5.32 Å². The van der Waals surface area contributed by atoms with Crippen molar-refractivity contribution in [3.05, 3.63) is 98.5 Å². The van der Waals surface area contributed by atoms with Gasteiger partial charge in [-0.25, -0.2) is 8.42 Å². The van der Waals surface area contributed by atoms with Crippen LogP contribution in [-0.4, -0.2) is 36.9 Å². The molecule has 0 aromatic heterocycles. The van der Waals surface area contributed by atoms with E-state index in [9.17, 15) is 16.8 Å². The SMILES string of the molecule is Cc1ccc(NC2(NS(=O)(=O)c3ccc(Cl)cc3)C(Cl)=C(Cl)/C(=N\S(=O)(=O)c3ccc(Cl)cc3)C(Cl)(Cl)C2(Cl)Cl)cc1. The molecule has 0 spiro atoms. The molecule has 1 atom stereocenters. The average molecular weight is 771 g/mol. The predicted molar refractivity (Wildman–Crippen MR) is 173 cm³/mol. The molecule has 1 aliphatic rings. The van der Waals surface area contributed by atoms with E-state index in [1.54, 1.807) is 24.3 Å². The van der Waals surface area contributed by atoms with Gasteiger partial charge < -0.3 is 5.32 Å².